The van der Waals surface area contributed by atoms with Crippen molar-refractivity contribution >= 4 is 18.2 Å². The van der Waals surface area contributed by atoms with Gasteiger partial charge in [0.1, 0.15) is 11.5 Å². The number of nitro groups is 1. The zero-order valence-corrected chi connectivity index (χ0v) is 9.03. The molecule has 9 heteroatoms. The lowest BCUT2D eigenvalue weighted by molar-refractivity contribution is -0.402. The maximum Gasteiger partial charge on any atom is 0.433 e. The minimum absolute atomic E-state index is 0.0376. The van der Waals surface area contributed by atoms with Crippen LogP contribution < -0.4 is 5.43 Å². The molecule has 1 aromatic heterocycles. The molecule has 0 saturated carbocycles. The number of hydrogen-bond donors (Lipinski definition) is 1. The lowest BCUT2D eigenvalue weighted by atomic mass is 10.5. The first-order valence-corrected chi connectivity index (χ1v) is 4.70. The summed E-state index contributed by atoms with van der Waals surface area (Å²) in [4.78, 5) is 20.5. The van der Waals surface area contributed by atoms with E-state index < -0.39 is 16.9 Å². The van der Waals surface area contributed by atoms with Gasteiger partial charge < -0.3 is 9.15 Å². The summed E-state index contributed by atoms with van der Waals surface area (Å²) in [6.07, 6.45) is 0.336. The van der Waals surface area contributed by atoms with Gasteiger partial charge in [-0.25, -0.2) is 10.2 Å². The first kappa shape index (κ1) is 13.2. The van der Waals surface area contributed by atoms with Crippen LogP contribution in [0.5, 0.6) is 0 Å². The fourth-order valence-electron chi connectivity index (χ4n) is 0.880. The quantitative estimate of drug-likeness (QED) is 0.362. The third-order valence-electron chi connectivity index (χ3n) is 1.59. The molecule has 18 heavy (non-hydrogen) atoms. The van der Waals surface area contributed by atoms with Crippen LogP contribution in [0.25, 0.3) is 0 Å². The summed E-state index contributed by atoms with van der Waals surface area (Å²) in [7, 11) is 0. The number of nitrogens with zero attached hydrogens (tertiary/aromatic N) is 3. The lowest BCUT2D eigenvalue weighted by Crippen LogP contribution is -2.19. The van der Waals surface area contributed by atoms with Crippen molar-refractivity contribution in [3.05, 3.63) is 28.0 Å². The Bertz CT molecular complexity index is 501. The monoisotopic (exact) mass is 252 g/mol. The predicted molar refractivity (Wildman–Crippen MR) is 57.7 cm³/mol. The Hall–Kier alpha value is -2.89. The van der Waals surface area contributed by atoms with Crippen molar-refractivity contribution in [2.24, 2.45) is 5.10 Å². The molecule has 1 amide bonds. The van der Waals surface area contributed by atoms with Gasteiger partial charge >= 0.3 is 12.0 Å². The average Bonchev–Trinajstić information content (AvgIpc) is 2.78. The van der Waals surface area contributed by atoms with Crippen molar-refractivity contribution in [3.63, 3.8) is 0 Å². The minimum Gasteiger partial charge on any atom is -0.447 e. The van der Waals surface area contributed by atoms with E-state index in [1.165, 1.54) is 6.07 Å². The maximum atomic E-state index is 10.9. The molecule has 0 radical (unpaired) electrons. The molecule has 0 aliphatic carbocycles. The van der Waals surface area contributed by atoms with Crippen LogP contribution in [0.4, 0.5) is 10.7 Å². The van der Waals surface area contributed by atoms with E-state index in [1.54, 1.807) is 6.07 Å². The Labute approximate surface area is 101 Å². The Balaban J connectivity index is 2.38. The van der Waals surface area contributed by atoms with E-state index in [-0.39, 0.29) is 18.8 Å². The van der Waals surface area contributed by atoms with Crippen LogP contribution in [0.2, 0.25) is 0 Å². The molecular formula is C9H8N4O5. The number of hydrogen-bond acceptors (Lipinski definition) is 7. The number of ether oxygens (including phenoxy) is 1. The fraction of sp³-hybridized carbons (Fsp3) is 0.222. The number of hydrazone groups is 1. The van der Waals surface area contributed by atoms with Crippen LogP contribution in [0.3, 0.4) is 0 Å². The van der Waals surface area contributed by atoms with Gasteiger partial charge in [-0.2, -0.15) is 10.4 Å². The molecule has 0 fully saturated rings. The standard InChI is InChI=1S/C9H8N4O5/c10-4-1-5-17-9(14)12-11-6-7-2-3-8(18-7)13(15)16/h2-3,6H,1,5H2,(H,12,14)/b11-6+. The van der Waals surface area contributed by atoms with Crippen molar-refractivity contribution in [2.45, 2.75) is 6.42 Å². The third kappa shape index (κ3) is 4.31. The van der Waals surface area contributed by atoms with Gasteiger partial charge in [0.25, 0.3) is 0 Å². The van der Waals surface area contributed by atoms with E-state index in [0.29, 0.717) is 0 Å². The molecule has 1 rings (SSSR count). The SMILES string of the molecule is N#CCCOC(=O)N/N=C/c1ccc([N+](=O)[O-])o1. The lowest BCUT2D eigenvalue weighted by Gasteiger charge is -1.98. The second-order valence-electron chi connectivity index (χ2n) is 2.85. The molecule has 1 heterocycles. The molecular weight excluding hydrogens is 244 g/mol. The highest BCUT2D eigenvalue weighted by Crippen LogP contribution is 2.13. The van der Waals surface area contributed by atoms with Gasteiger partial charge in [0.2, 0.25) is 0 Å². The first-order valence-electron chi connectivity index (χ1n) is 4.70. The molecule has 1 N–H and O–H groups in total. The highest BCUT2D eigenvalue weighted by atomic mass is 16.6. The molecule has 94 valence electrons. The molecule has 9 nitrogen and oxygen atoms in total. The summed E-state index contributed by atoms with van der Waals surface area (Å²) in [6.45, 7) is -0.0376. The Morgan fingerprint density at radius 2 is 2.50 bits per heavy atom. The highest BCUT2D eigenvalue weighted by Gasteiger charge is 2.10. The Morgan fingerprint density at radius 3 is 3.11 bits per heavy atom. The second kappa shape index (κ2) is 6.64. The van der Waals surface area contributed by atoms with E-state index in [0.717, 1.165) is 12.3 Å². The number of rotatable bonds is 5. The van der Waals surface area contributed by atoms with Gasteiger partial charge in [-0.15, -0.1) is 0 Å². The summed E-state index contributed by atoms with van der Waals surface area (Å²) >= 11 is 0. The normalized spacial score (nSPS) is 9.94. The molecule has 0 atom stereocenters. The smallest absolute Gasteiger partial charge is 0.433 e. The molecule has 0 bridgehead atoms. The number of carbonyl (C=O) groups excluding carboxylic acids is 1. The zero-order valence-electron chi connectivity index (χ0n) is 9.03. The largest absolute Gasteiger partial charge is 0.447 e. The topological polar surface area (TPSA) is 131 Å². The second-order valence-corrected chi connectivity index (χ2v) is 2.85. The number of furan rings is 1. The maximum absolute atomic E-state index is 10.9. The van der Waals surface area contributed by atoms with Crippen LogP contribution >= 0.6 is 0 Å². The van der Waals surface area contributed by atoms with Crippen LogP contribution in [-0.2, 0) is 4.74 Å². The van der Waals surface area contributed by atoms with Gasteiger partial charge in [-0.05, 0) is 6.07 Å². The Kier molecular flexibility index (Phi) is 4.86. The summed E-state index contributed by atoms with van der Waals surface area (Å²) in [5.41, 5.74) is 2.00. The van der Waals surface area contributed by atoms with Crippen LogP contribution in [0, 0.1) is 21.4 Å². The summed E-state index contributed by atoms with van der Waals surface area (Å²) < 4.78 is 9.28. The van der Waals surface area contributed by atoms with Gasteiger partial charge in [-0.3, -0.25) is 10.1 Å². The number of nitrogens with one attached hydrogen (secondary N) is 1. The van der Waals surface area contributed by atoms with Gasteiger partial charge in [-0.1, -0.05) is 0 Å². The summed E-state index contributed by atoms with van der Waals surface area (Å²) in [6, 6.07) is 4.28. The van der Waals surface area contributed by atoms with E-state index in [4.69, 9.17) is 9.68 Å². The van der Waals surface area contributed by atoms with E-state index in [1.807, 2.05) is 5.43 Å². The Morgan fingerprint density at radius 1 is 1.72 bits per heavy atom. The molecule has 0 saturated heterocycles. The van der Waals surface area contributed by atoms with Crippen LogP contribution in [-0.4, -0.2) is 23.8 Å². The van der Waals surface area contributed by atoms with E-state index >= 15 is 0 Å². The molecule has 0 aliphatic heterocycles. The van der Waals surface area contributed by atoms with Crippen LogP contribution in [0.1, 0.15) is 12.2 Å². The number of carbonyl (C=O) groups is 1. The molecule has 0 unspecified atom stereocenters. The minimum atomic E-state index is -0.831. The molecule has 1 aromatic rings. The van der Waals surface area contributed by atoms with E-state index in [9.17, 15) is 14.9 Å². The van der Waals surface area contributed by atoms with Crippen LogP contribution in [0.15, 0.2) is 21.7 Å². The van der Waals surface area contributed by atoms with Gasteiger partial charge in [0.15, 0.2) is 5.76 Å². The average molecular weight is 252 g/mol. The van der Waals surface area contributed by atoms with Crippen molar-refractivity contribution in [1.29, 1.82) is 5.26 Å². The highest BCUT2D eigenvalue weighted by molar-refractivity contribution is 5.78. The number of amides is 1. The molecule has 0 aliphatic rings. The van der Waals surface area contributed by atoms with Crippen molar-refractivity contribution in [2.75, 3.05) is 6.61 Å². The molecule has 0 spiro atoms. The zero-order chi connectivity index (χ0) is 13.4. The molecule has 0 aromatic carbocycles. The summed E-state index contributed by atoms with van der Waals surface area (Å²) in [5.74, 6) is -0.313. The van der Waals surface area contributed by atoms with Gasteiger partial charge in [0.05, 0.1) is 24.8 Å². The van der Waals surface area contributed by atoms with Crippen molar-refractivity contribution in [3.8, 4) is 6.07 Å². The van der Waals surface area contributed by atoms with Crippen molar-refractivity contribution in [1.82, 2.24) is 5.43 Å². The number of nitriles is 1. The predicted octanol–water partition coefficient (Wildman–Crippen LogP) is 1.16. The third-order valence-corrected chi connectivity index (χ3v) is 1.59. The van der Waals surface area contributed by atoms with E-state index in [2.05, 4.69) is 9.84 Å². The first-order chi connectivity index (χ1) is 8.63. The fourth-order valence-corrected chi connectivity index (χ4v) is 0.880. The summed E-state index contributed by atoms with van der Waals surface area (Å²) in [5, 5.41) is 21.9. The van der Waals surface area contributed by atoms with Crippen molar-refractivity contribution < 1.29 is 18.9 Å². The van der Waals surface area contributed by atoms with Gasteiger partial charge in [0, 0.05) is 0 Å².